The van der Waals surface area contributed by atoms with Crippen LogP contribution < -0.4 is 0 Å². The van der Waals surface area contributed by atoms with E-state index in [0.29, 0.717) is 13.2 Å². The Labute approximate surface area is 409 Å². The van der Waals surface area contributed by atoms with Crippen molar-refractivity contribution in [2.75, 3.05) is 26.4 Å². The Morgan fingerprint density at radius 3 is 0.954 bits per heavy atom. The molecule has 2 fully saturated rings. The van der Waals surface area contributed by atoms with Crippen molar-refractivity contribution in [3.8, 4) is 0 Å². The van der Waals surface area contributed by atoms with Crippen LogP contribution in [0.4, 0.5) is 0 Å². The van der Waals surface area contributed by atoms with Crippen LogP contribution in [0.5, 0.6) is 0 Å². The topological polar surface area (TPSA) is 272 Å². The van der Waals surface area contributed by atoms with Gasteiger partial charge >= 0.3 is 75.4 Å². The first kappa shape index (κ1) is 61.0. The molecule has 22 nitrogen and oxygen atoms in total. The summed E-state index contributed by atoms with van der Waals surface area (Å²) in [5.41, 5.74) is 0. The van der Waals surface area contributed by atoms with Crippen LogP contribution >= 0.6 is 0 Å². The molecule has 0 aromatic heterocycles. The molecule has 65 heavy (non-hydrogen) atoms. The van der Waals surface area contributed by atoms with E-state index in [4.69, 9.17) is 82.1 Å². The van der Waals surface area contributed by atoms with Gasteiger partial charge in [0.05, 0.1) is 23.7 Å². The average molecular weight is 1150 g/mol. The first-order chi connectivity index (χ1) is 30.1. The maximum Gasteiger partial charge on any atom is 2.00 e. The summed E-state index contributed by atoms with van der Waals surface area (Å²) in [4.78, 5) is 101. The number of nitrogens with zero attached hydrogens (tertiary/aromatic N) is 2. The van der Waals surface area contributed by atoms with Gasteiger partial charge in [-0.1, -0.05) is 39.5 Å². The second-order valence-electron chi connectivity index (χ2n) is 14.1. The molecular formula is C40H60HgN2O20S2. The van der Waals surface area contributed by atoms with Crippen molar-refractivity contribution in [2.45, 2.75) is 169 Å². The molecule has 2 aliphatic heterocycles. The fraction of sp³-hybridized carbons (Fsp3) is 0.750. The predicted molar refractivity (Wildman–Crippen MR) is 224 cm³/mol. The molecule has 0 unspecified atom stereocenters. The van der Waals surface area contributed by atoms with Gasteiger partial charge in [-0.05, 0) is 12.8 Å². The third-order valence-corrected chi connectivity index (χ3v) is 8.79. The Balaban J connectivity index is 0.00000124. The zero-order chi connectivity index (χ0) is 48.5. The number of esters is 8. The number of unbranched alkanes of at least 4 members (excludes halogenated alkanes) is 4. The van der Waals surface area contributed by atoms with Gasteiger partial charge in [-0.25, -0.2) is 9.98 Å². The van der Waals surface area contributed by atoms with E-state index in [2.05, 4.69) is 9.98 Å². The number of carbonyl (C=O) groups is 8. The number of aliphatic imine (C=N–C) groups is 2. The molecule has 0 aliphatic carbocycles. The molecule has 2 rings (SSSR count). The predicted octanol–water partition coefficient (Wildman–Crippen LogP) is 2.36. The van der Waals surface area contributed by atoms with Crippen LogP contribution in [0, 0.1) is 0 Å². The van der Waals surface area contributed by atoms with E-state index < -0.39 is 109 Å². The smallest absolute Gasteiger partial charge is 0.722 e. The van der Waals surface area contributed by atoms with Gasteiger partial charge in [0.25, 0.3) is 0 Å². The molecule has 0 amide bonds. The van der Waals surface area contributed by atoms with Gasteiger partial charge in [0.15, 0.2) is 49.1 Å². The minimum Gasteiger partial charge on any atom is -0.722 e. The maximum absolute atomic E-state index is 11.8. The van der Waals surface area contributed by atoms with E-state index in [0.717, 1.165) is 80.1 Å². The standard InChI is InChI=1S/2C20H31NO10S.Hg/c2*1-6-7-8-9-26-20(32)21-19-18(30-14(5)25)17(29-13(4)24)16(28-12(3)23)15(31-19)10-27-11(2)22;/h2*15-19H,6-10H2,1-5H3,(H,21,32);/q;;+2/p-2/t2*15-,16-,17+,18-,19-;/m11./s1. The molecule has 0 spiro atoms. The van der Waals surface area contributed by atoms with Crippen molar-refractivity contribution in [2.24, 2.45) is 9.98 Å². The minimum atomic E-state index is -1.30. The zero-order valence-corrected chi connectivity index (χ0v) is 45.6. The van der Waals surface area contributed by atoms with Crippen LogP contribution in [-0.2, 0) is 148 Å². The average Bonchev–Trinajstić information content (AvgIpc) is 3.17. The first-order valence-corrected chi connectivity index (χ1v) is 21.3. The Morgan fingerprint density at radius 2 is 0.692 bits per heavy atom. The quantitative estimate of drug-likeness (QED) is 0.0322. The Hall–Kier alpha value is -4.00. The maximum atomic E-state index is 11.8. The molecule has 364 valence electrons. The first-order valence-electron chi connectivity index (χ1n) is 20.5. The van der Waals surface area contributed by atoms with Crippen molar-refractivity contribution in [3.05, 3.63) is 0 Å². The molecule has 25 heteroatoms. The van der Waals surface area contributed by atoms with Crippen LogP contribution in [0.15, 0.2) is 9.98 Å². The summed E-state index contributed by atoms with van der Waals surface area (Å²) in [6, 6.07) is 0. The second kappa shape index (κ2) is 32.6. The number of hydrogen-bond acceptors (Lipinski definition) is 24. The van der Waals surface area contributed by atoms with Crippen molar-refractivity contribution in [3.63, 3.8) is 0 Å². The van der Waals surface area contributed by atoms with E-state index in [1.165, 1.54) is 13.8 Å². The molecule has 0 N–H and O–H groups in total. The zero-order valence-electron chi connectivity index (χ0n) is 38.4. The van der Waals surface area contributed by atoms with Gasteiger partial charge in [0, 0.05) is 55.4 Å². The fourth-order valence-electron chi connectivity index (χ4n) is 5.92. The number of hydrogen-bond donors (Lipinski definition) is 0. The molecule has 10 atom stereocenters. The van der Waals surface area contributed by atoms with Crippen LogP contribution in [0.2, 0.25) is 0 Å². The molecule has 0 aromatic rings. The summed E-state index contributed by atoms with van der Waals surface area (Å²) < 4.78 is 64.2. The third kappa shape index (κ3) is 24.9. The van der Waals surface area contributed by atoms with Crippen LogP contribution in [0.1, 0.15) is 108 Å². The molecule has 2 saturated heterocycles. The van der Waals surface area contributed by atoms with Gasteiger partial charge in [0.1, 0.15) is 25.4 Å². The SMILES string of the molecule is CCCCCOC([S-])=N[C@@H]1O[C@H](COC(C)=O)[C@@H](OC(C)=O)[C@H](OC(C)=O)[C@H]1OC(C)=O.CCCCCOC([S-])=N[C@@H]1O[C@H](COC(C)=O)[C@@H](OC(C)=O)[C@H](OC(C)=O)[C@H]1OC(C)=O.[Hg+2]. The molecule has 2 heterocycles. The van der Waals surface area contributed by atoms with Crippen LogP contribution in [0.3, 0.4) is 0 Å². The van der Waals surface area contributed by atoms with Gasteiger partial charge in [-0.15, -0.1) is 0 Å². The van der Waals surface area contributed by atoms with Gasteiger partial charge < -0.3 is 82.1 Å². The van der Waals surface area contributed by atoms with Gasteiger partial charge in [-0.3, -0.25) is 38.4 Å². The monoisotopic (exact) mass is 1150 g/mol. The molecule has 0 bridgehead atoms. The van der Waals surface area contributed by atoms with Crippen LogP contribution in [-0.4, -0.2) is 146 Å². The largest absolute Gasteiger partial charge is 2.00 e. The molecule has 2 aliphatic rings. The van der Waals surface area contributed by atoms with Gasteiger partial charge in [0.2, 0.25) is 0 Å². The number of ether oxygens (including phenoxy) is 12. The van der Waals surface area contributed by atoms with E-state index >= 15 is 0 Å². The van der Waals surface area contributed by atoms with Crippen molar-refractivity contribution >= 4 is 83.5 Å². The van der Waals surface area contributed by atoms with Crippen LogP contribution in [0.25, 0.3) is 0 Å². The molecule has 0 radical (unpaired) electrons. The molecular weight excluding hydrogens is 1090 g/mol. The van der Waals surface area contributed by atoms with E-state index in [1.807, 2.05) is 13.8 Å². The summed E-state index contributed by atoms with van der Waals surface area (Å²) in [6.07, 6.45) is -6.99. The second-order valence-corrected chi connectivity index (χ2v) is 14.8. The summed E-state index contributed by atoms with van der Waals surface area (Å²) in [5.74, 6) is -5.53. The number of rotatable bonds is 20. The van der Waals surface area contributed by atoms with Gasteiger partial charge in [-0.2, -0.15) is 0 Å². The molecule has 0 aromatic carbocycles. The van der Waals surface area contributed by atoms with E-state index in [1.54, 1.807) is 0 Å². The number of carbonyl (C=O) groups excluding carboxylic acids is 8. The Morgan fingerprint density at radius 1 is 0.415 bits per heavy atom. The molecule has 0 saturated carbocycles. The summed E-state index contributed by atoms with van der Waals surface area (Å²) in [7, 11) is 0. The third-order valence-electron chi connectivity index (χ3n) is 8.34. The summed E-state index contributed by atoms with van der Waals surface area (Å²) in [5, 5.41) is -0.302. The van der Waals surface area contributed by atoms with E-state index in [9.17, 15) is 38.4 Å². The minimum absolute atomic E-state index is 0. The summed E-state index contributed by atoms with van der Waals surface area (Å²) in [6.45, 7) is 13.3. The van der Waals surface area contributed by atoms with Crippen molar-refractivity contribution < 1.29 is 123 Å². The fourth-order valence-corrected chi connectivity index (χ4v) is 6.30. The van der Waals surface area contributed by atoms with Crippen molar-refractivity contribution in [1.82, 2.24) is 0 Å². The van der Waals surface area contributed by atoms with E-state index in [-0.39, 0.29) is 51.3 Å². The Kier molecular flexibility index (Phi) is 30.6. The Bertz CT molecular complexity index is 1520. The normalized spacial score (nSPS) is 25.0. The summed E-state index contributed by atoms with van der Waals surface area (Å²) >= 11 is 10.3. The van der Waals surface area contributed by atoms with Crippen molar-refractivity contribution in [1.29, 1.82) is 0 Å².